The van der Waals surface area contributed by atoms with E-state index in [1.54, 1.807) is 30.0 Å². The Labute approximate surface area is 150 Å². The van der Waals surface area contributed by atoms with E-state index >= 15 is 0 Å². The van der Waals surface area contributed by atoms with Crippen LogP contribution in [0.2, 0.25) is 0 Å². The van der Waals surface area contributed by atoms with Gasteiger partial charge in [-0.05, 0) is 69.5 Å². The van der Waals surface area contributed by atoms with E-state index < -0.39 is 10.0 Å². The standard InChI is InChI=1S/C18H27N3O3S/c1-14-11-16(21-10-4-6-18(21)22)7-8-17(14)25(23,24)19-12-15-5-3-9-20(2)13-15/h7-8,11,15,19H,3-6,9-10,12-13H2,1-2H3. The van der Waals surface area contributed by atoms with Gasteiger partial charge in [-0.1, -0.05) is 0 Å². The molecule has 6 nitrogen and oxygen atoms in total. The van der Waals surface area contributed by atoms with Crippen LogP contribution in [0.3, 0.4) is 0 Å². The number of rotatable bonds is 5. The zero-order chi connectivity index (χ0) is 18.0. The van der Waals surface area contributed by atoms with Gasteiger partial charge in [-0.3, -0.25) is 4.79 Å². The Kier molecular flexibility index (Phi) is 5.46. The van der Waals surface area contributed by atoms with Crippen LogP contribution in [0.25, 0.3) is 0 Å². The first-order valence-electron chi connectivity index (χ1n) is 8.96. The SMILES string of the molecule is Cc1cc(N2CCCC2=O)ccc1S(=O)(=O)NCC1CCCN(C)C1. The molecule has 0 spiro atoms. The van der Waals surface area contributed by atoms with Gasteiger partial charge in [0.2, 0.25) is 15.9 Å². The molecule has 138 valence electrons. The predicted molar refractivity (Wildman–Crippen MR) is 98.2 cm³/mol. The Bertz CT molecular complexity index is 748. The summed E-state index contributed by atoms with van der Waals surface area (Å²) in [6.45, 7) is 4.97. The van der Waals surface area contributed by atoms with E-state index in [1.807, 2.05) is 0 Å². The maximum Gasteiger partial charge on any atom is 0.240 e. The molecule has 25 heavy (non-hydrogen) atoms. The molecule has 2 fully saturated rings. The van der Waals surface area contributed by atoms with Crippen molar-refractivity contribution < 1.29 is 13.2 Å². The maximum atomic E-state index is 12.7. The highest BCUT2D eigenvalue weighted by Crippen LogP contribution is 2.26. The van der Waals surface area contributed by atoms with Crippen LogP contribution >= 0.6 is 0 Å². The van der Waals surface area contributed by atoms with Crippen molar-refractivity contribution in [1.82, 2.24) is 9.62 Å². The second kappa shape index (κ2) is 7.43. The van der Waals surface area contributed by atoms with Gasteiger partial charge >= 0.3 is 0 Å². The van der Waals surface area contributed by atoms with Gasteiger partial charge in [0.05, 0.1) is 4.90 Å². The van der Waals surface area contributed by atoms with Crippen LogP contribution in [0.15, 0.2) is 23.1 Å². The number of anilines is 1. The minimum Gasteiger partial charge on any atom is -0.312 e. The fourth-order valence-electron chi connectivity index (χ4n) is 3.77. The van der Waals surface area contributed by atoms with Crippen molar-refractivity contribution in [3.05, 3.63) is 23.8 Å². The van der Waals surface area contributed by atoms with Crippen molar-refractivity contribution in [2.24, 2.45) is 5.92 Å². The molecule has 3 rings (SSSR count). The summed E-state index contributed by atoms with van der Waals surface area (Å²) in [5.74, 6) is 0.463. The smallest absolute Gasteiger partial charge is 0.240 e. The summed E-state index contributed by atoms with van der Waals surface area (Å²) >= 11 is 0. The minimum atomic E-state index is -3.53. The van der Waals surface area contributed by atoms with Crippen molar-refractivity contribution in [1.29, 1.82) is 0 Å². The summed E-state index contributed by atoms with van der Waals surface area (Å²) in [6.07, 6.45) is 3.59. The van der Waals surface area contributed by atoms with Crippen LogP contribution < -0.4 is 9.62 Å². The van der Waals surface area contributed by atoms with E-state index in [0.717, 1.165) is 38.0 Å². The van der Waals surface area contributed by atoms with Gasteiger partial charge in [0.15, 0.2) is 0 Å². The first-order chi connectivity index (χ1) is 11.9. The monoisotopic (exact) mass is 365 g/mol. The summed E-state index contributed by atoms with van der Waals surface area (Å²) in [4.78, 5) is 16.1. The molecule has 1 amide bonds. The normalized spacial score (nSPS) is 22.6. The van der Waals surface area contributed by atoms with Crippen molar-refractivity contribution in [3.63, 3.8) is 0 Å². The van der Waals surface area contributed by atoms with Gasteiger partial charge in [-0.25, -0.2) is 13.1 Å². The van der Waals surface area contributed by atoms with Crippen LogP contribution in [0.1, 0.15) is 31.2 Å². The summed E-state index contributed by atoms with van der Waals surface area (Å²) in [5.41, 5.74) is 1.46. The average Bonchev–Trinajstić information content (AvgIpc) is 2.99. The molecule has 2 aliphatic rings. The van der Waals surface area contributed by atoms with Gasteiger partial charge in [0, 0.05) is 31.7 Å². The van der Waals surface area contributed by atoms with Crippen LogP contribution in [0, 0.1) is 12.8 Å². The van der Waals surface area contributed by atoms with Crippen LogP contribution in [-0.2, 0) is 14.8 Å². The fourth-order valence-corrected chi connectivity index (χ4v) is 5.11. The Balaban J connectivity index is 1.70. The van der Waals surface area contributed by atoms with Gasteiger partial charge in [0.1, 0.15) is 0 Å². The fraction of sp³-hybridized carbons (Fsp3) is 0.611. The number of carbonyl (C=O) groups excluding carboxylic acids is 1. The number of likely N-dealkylation sites (tertiary alicyclic amines) is 1. The van der Waals surface area contributed by atoms with Gasteiger partial charge in [-0.15, -0.1) is 0 Å². The van der Waals surface area contributed by atoms with Crippen molar-refractivity contribution in [3.8, 4) is 0 Å². The molecule has 2 heterocycles. The molecular weight excluding hydrogens is 338 g/mol. The Morgan fingerprint density at radius 1 is 1.24 bits per heavy atom. The lowest BCUT2D eigenvalue weighted by molar-refractivity contribution is -0.117. The third-order valence-corrected chi connectivity index (χ3v) is 6.70. The summed E-state index contributed by atoms with van der Waals surface area (Å²) < 4.78 is 28.1. The van der Waals surface area contributed by atoms with E-state index in [2.05, 4.69) is 16.7 Å². The van der Waals surface area contributed by atoms with Gasteiger partial charge in [0.25, 0.3) is 0 Å². The lowest BCUT2D eigenvalue weighted by Gasteiger charge is -2.29. The zero-order valence-corrected chi connectivity index (χ0v) is 15.8. The highest BCUT2D eigenvalue weighted by Gasteiger charge is 2.25. The summed E-state index contributed by atoms with van der Waals surface area (Å²) in [5, 5.41) is 0. The number of benzene rings is 1. The number of nitrogens with one attached hydrogen (secondary N) is 1. The number of carbonyl (C=O) groups is 1. The number of aryl methyl sites for hydroxylation is 1. The average molecular weight is 365 g/mol. The van der Waals surface area contributed by atoms with Crippen molar-refractivity contribution >= 4 is 21.6 Å². The van der Waals surface area contributed by atoms with Crippen LogP contribution in [-0.4, -0.2) is 52.5 Å². The first-order valence-corrected chi connectivity index (χ1v) is 10.4. The summed E-state index contributed by atoms with van der Waals surface area (Å²) in [6, 6.07) is 5.15. The summed E-state index contributed by atoms with van der Waals surface area (Å²) in [7, 11) is -1.46. The third-order valence-electron chi connectivity index (χ3n) is 5.12. The van der Waals surface area contributed by atoms with Crippen molar-refractivity contribution in [2.75, 3.05) is 38.1 Å². The minimum absolute atomic E-state index is 0.106. The first kappa shape index (κ1) is 18.4. The van der Waals surface area contributed by atoms with E-state index in [-0.39, 0.29) is 5.91 Å². The third kappa shape index (κ3) is 4.22. The quantitative estimate of drug-likeness (QED) is 0.863. The highest BCUT2D eigenvalue weighted by atomic mass is 32.2. The lowest BCUT2D eigenvalue weighted by Crippen LogP contribution is -2.39. The number of sulfonamides is 1. The second-order valence-corrected chi connectivity index (χ2v) is 8.96. The van der Waals surface area contributed by atoms with Gasteiger partial charge in [-0.2, -0.15) is 0 Å². The molecule has 0 aliphatic carbocycles. The molecule has 0 radical (unpaired) electrons. The molecule has 1 aromatic carbocycles. The zero-order valence-electron chi connectivity index (χ0n) is 15.0. The molecule has 7 heteroatoms. The van der Waals surface area contributed by atoms with E-state index in [9.17, 15) is 13.2 Å². The van der Waals surface area contributed by atoms with E-state index in [1.165, 1.54) is 0 Å². The molecule has 1 aromatic rings. The largest absolute Gasteiger partial charge is 0.312 e. The molecule has 0 aromatic heterocycles. The van der Waals surface area contributed by atoms with Crippen LogP contribution in [0.5, 0.6) is 0 Å². The molecular formula is C18H27N3O3S. The second-order valence-electron chi connectivity index (χ2n) is 7.22. The number of nitrogens with zero attached hydrogens (tertiary/aromatic N) is 2. The van der Waals surface area contributed by atoms with Crippen molar-refractivity contribution in [2.45, 2.75) is 37.5 Å². The molecule has 1 N–H and O–H groups in total. The Hall–Kier alpha value is -1.44. The molecule has 1 atom stereocenters. The Morgan fingerprint density at radius 3 is 2.68 bits per heavy atom. The molecule has 1 unspecified atom stereocenters. The van der Waals surface area contributed by atoms with E-state index in [4.69, 9.17) is 0 Å². The molecule has 2 aliphatic heterocycles. The predicted octanol–water partition coefficient (Wildman–Crippen LogP) is 1.74. The Morgan fingerprint density at radius 2 is 2.04 bits per heavy atom. The number of hydrogen-bond acceptors (Lipinski definition) is 4. The lowest BCUT2D eigenvalue weighted by atomic mass is 9.99. The highest BCUT2D eigenvalue weighted by molar-refractivity contribution is 7.89. The van der Waals surface area contributed by atoms with Gasteiger partial charge < -0.3 is 9.80 Å². The number of amides is 1. The molecule has 0 bridgehead atoms. The maximum absolute atomic E-state index is 12.7. The van der Waals surface area contributed by atoms with E-state index in [0.29, 0.717) is 35.9 Å². The molecule has 2 saturated heterocycles. The number of piperidine rings is 1. The van der Waals surface area contributed by atoms with Crippen LogP contribution in [0.4, 0.5) is 5.69 Å². The molecule has 0 saturated carbocycles. The number of hydrogen-bond donors (Lipinski definition) is 1. The topological polar surface area (TPSA) is 69.7 Å².